The Balaban J connectivity index is 1.60. The molecule has 1 aromatic carbocycles. The number of nitrogens with one attached hydrogen (secondary N) is 1. The number of nitrogens with zero attached hydrogens (tertiary/aromatic N) is 3. The summed E-state index contributed by atoms with van der Waals surface area (Å²) in [6.45, 7) is 4.86. The van der Waals surface area contributed by atoms with Gasteiger partial charge in [0.1, 0.15) is 17.7 Å². The number of carbonyl (C=O) groups is 1. The molecule has 6 nitrogen and oxygen atoms in total. The quantitative estimate of drug-likeness (QED) is 0.928. The topological polar surface area (TPSA) is 67.3 Å². The SMILES string of the molecule is Cc1cc(O[C@@H]2CCCN(C(=O)Nc3ccc(F)cc3)C2)nc(C)n1. The van der Waals surface area contributed by atoms with Gasteiger partial charge in [0.25, 0.3) is 0 Å². The normalized spacial score (nSPS) is 17.2. The first-order valence-corrected chi connectivity index (χ1v) is 8.30. The van der Waals surface area contributed by atoms with Crippen molar-refractivity contribution in [3.63, 3.8) is 0 Å². The molecule has 0 aliphatic carbocycles. The molecular formula is C18H21FN4O2. The first-order chi connectivity index (χ1) is 12.0. The molecule has 25 heavy (non-hydrogen) atoms. The van der Waals surface area contributed by atoms with Gasteiger partial charge in [-0.25, -0.2) is 14.2 Å². The number of urea groups is 1. The maximum atomic E-state index is 12.9. The largest absolute Gasteiger partial charge is 0.472 e. The van der Waals surface area contributed by atoms with Gasteiger partial charge >= 0.3 is 6.03 Å². The monoisotopic (exact) mass is 344 g/mol. The number of piperidine rings is 1. The van der Waals surface area contributed by atoms with Gasteiger partial charge in [0.2, 0.25) is 5.88 Å². The van der Waals surface area contributed by atoms with E-state index in [4.69, 9.17) is 4.74 Å². The predicted octanol–water partition coefficient (Wildman–Crippen LogP) is 3.31. The van der Waals surface area contributed by atoms with Crippen LogP contribution < -0.4 is 10.1 Å². The Hall–Kier alpha value is -2.70. The van der Waals surface area contributed by atoms with Crippen LogP contribution in [-0.4, -0.2) is 40.1 Å². The lowest BCUT2D eigenvalue weighted by atomic mass is 10.1. The van der Waals surface area contributed by atoms with Crippen LogP contribution in [0.5, 0.6) is 5.88 Å². The average molecular weight is 344 g/mol. The van der Waals surface area contributed by atoms with Gasteiger partial charge in [0.05, 0.1) is 6.54 Å². The lowest BCUT2D eigenvalue weighted by Crippen LogP contribution is -2.46. The number of likely N-dealkylation sites (tertiary alicyclic amines) is 1. The van der Waals surface area contributed by atoms with Crippen LogP contribution in [0.3, 0.4) is 0 Å². The lowest BCUT2D eigenvalue weighted by molar-refractivity contribution is 0.102. The van der Waals surface area contributed by atoms with Crippen molar-refractivity contribution in [1.29, 1.82) is 0 Å². The number of halogens is 1. The van der Waals surface area contributed by atoms with E-state index in [2.05, 4.69) is 15.3 Å². The molecule has 1 saturated heterocycles. The molecule has 0 bridgehead atoms. The molecule has 1 aromatic heterocycles. The Morgan fingerprint density at radius 3 is 2.76 bits per heavy atom. The molecule has 0 spiro atoms. The number of rotatable bonds is 3. The van der Waals surface area contributed by atoms with Crippen LogP contribution in [0, 0.1) is 19.7 Å². The molecule has 3 rings (SSSR count). The highest BCUT2D eigenvalue weighted by Crippen LogP contribution is 2.19. The first-order valence-electron chi connectivity index (χ1n) is 8.30. The van der Waals surface area contributed by atoms with Gasteiger partial charge in [0.15, 0.2) is 0 Å². The number of hydrogen-bond acceptors (Lipinski definition) is 4. The summed E-state index contributed by atoms with van der Waals surface area (Å²) >= 11 is 0. The third kappa shape index (κ3) is 4.65. The highest BCUT2D eigenvalue weighted by atomic mass is 19.1. The molecule has 2 aromatic rings. The second kappa shape index (κ2) is 7.46. The summed E-state index contributed by atoms with van der Waals surface area (Å²) in [4.78, 5) is 22.6. The smallest absolute Gasteiger partial charge is 0.321 e. The average Bonchev–Trinajstić information content (AvgIpc) is 2.56. The van der Waals surface area contributed by atoms with Crippen molar-refractivity contribution in [2.45, 2.75) is 32.8 Å². The number of amides is 2. The van der Waals surface area contributed by atoms with E-state index in [0.717, 1.165) is 18.5 Å². The number of aromatic nitrogens is 2. The van der Waals surface area contributed by atoms with Crippen LogP contribution in [0.15, 0.2) is 30.3 Å². The second-order valence-corrected chi connectivity index (χ2v) is 6.16. The van der Waals surface area contributed by atoms with Gasteiger partial charge in [-0.2, -0.15) is 4.98 Å². The Bertz CT molecular complexity index is 731. The molecule has 1 N–H and O–H groups in total. The molecule has 0 unspecified atom stereocenters. The summed E-state index contributed by atoms with van der Waals surface area (Å²) < 4.78 is 18.9. The van der Waals surface area contributed by atoms with Crippen LogP contribution >= 0.6 is 0 Å². The fourth-order valence-electron chi connectivity index (χ4n) is 2.87. The standard InChI is InChI=1S/C18H21FN4O2/c1-12-10-17(21-13(2)20-12)25-16-4-3-9-23(11-16)18(24)22-15-7-5-14(19)6-8-15/h5-8,10,16H,3-4,9,11H2,1-2H3,(H,22,24)/t16-/m1/s1. The number of benzene rings is 1. The molecule has 1 fully saturated rings. The Kier molecular flexibility index (Phi) is 5.11. The zero-order chi connectivity index (χ0) is 17.8. The number of ether oxygens (including phenoxy) is 1. The number of aryl methyl sites for hydroxylation is 2. The molecule has 2 amide bonds. The van der Waals surface area contributed by atoms with Crippen molar-refractivity contribution in [3.05, 3.63) is 47.7 Å². The summed E-state index contributed by atoms with van der Waals surface area (Å²) in [5, 5.41) is 2.78. The molecular weight excluding hydrogens is 323 g/mol. The van der Waals surface area contributed by atoms with E-state index in [-0.39, 0.29) is 18.0 Å². The molecule has 1 aliphatic rings. The Morgan fingerprint density at radius 2 is 2.04 bits per heavy atom. The third-order valence-electron chi connectivity index (χ3n) is 3.99. The number of anilines is 1. The van der Waals surface area contributed by atoms with Crippen molar-refractivity contribution < 1.29 is 13.9 Å². The van der Waals surface area contributed by atoms with Gasteiger partial charge in [-0.3, -0.25) is 0 Å². The van der Waals surface area contributed by atoms with Crippen molar-refractivity contribution in [3.8, 4) is 5.88 Å². The van der Waals surface area contributed by atoms with Crippen molar-refractivity contribution in [1.82, 2.24) is 14.9 Å². The molecule has 132 valence electrons. The summed E-state index contributed by atoms with van der Waals surface area (Å²) in [6, 6.07) is 7.30. The summed E-state index contributed by atoms with van der Waals surface area (Å²) in [5.74, 6) is 0.868. The summed E-state index contributed by atoms with van der Waals surface area (Å²) in [6.07, 6.45) is 1.61. The highest BCUT2D eigenvalue weighted by Gasteiger charge is 2.25. The highest BCUT2D eigenvalue weighted by molar-refractivity contribution is 5.89. The molecule has 7 heteroatoms. The maximum absolute atomic E-state index is 12.9. The second-order valence-electron chi connectivity index (χ2n) is 6.16. The number of carbonyl (C=O) groups excluding carboxylic acids is 1. The van der Waals surface area contributed by atoms with E-state index in [0.29, 0.717) is 30.5 Å². The fourth-order valence-corrected chi connectivity index (χ4v) is 2.87. The molecule has 0 radical (unpaired) electrons. The van der Waals surface area contributed by atoms with Crippen LogP contribution in [0.4, 0.5) is 14.9 Å². The summed E-state index contributed by atoms with van der Waals surface area (Å²) in [7, 11) is 0. The van der Waals surface area contributed by atoms with Gasteiger partial charge in [-0.1, -0.05) is 0 Å². The Labute approximate surface area is 146 Å². The zero-order valence-corrected chi connectivity index (χ0v) is 14.3. The van der Waals surface area contributed by atoms with Gasteiger partial charge in [-0.05, 0) is 51.0 Å². The van der Waals surface area contributed by atoms with E-state index in [1.807, 2.05) is 13.8 Å². The van der Waals surface area contributed by atoms with Crippen LogP contribution in [-0.2, 0) is 0 Å². The fraction of sp³-hybridized carbons (Fsp3) is 0.389. The van der Waals surface area contributed by atoms with Crippen LogP contribution in [0.1, 0.15) is 24.4 Å². The van der Waals surface area contributed by atoms with Crippen molar-refractivity contribution in [2.75, 3.05) is 18.4 Å². The molecule has 1 atom stereocenters. The van der Waals surface area contributed by atoms with E-state index in [1.54, 1.807) is 11.0 Å². The third-order valence-corrected chi connectivity index (χ3v) is 3.99. The van der Waals surface area contributed by atoms with Crippen LogP contribution in [0.2, 0.25) is 0 Å². The number of hydrogen-bond donors (Lipinski definition) is 1. The Morgan fingerprint density at radius 1 is 1.28 bits per heavy atom. The van der Waals surface area contributed by atoms with Crippen molar-refractivity contribution in [2.24, 2.45) is 0 Å². The summed E-state index contributed by atoms with van der Waals surface area (Å²) in [5.41, 5.74) is 1.42. The van der Waals surface area contributed by atoms with Crippen LogP contribution in [0.25, 0.3) is 0 Å². The first kappa shape index (κ1) is 17.1. The lowest BCUT2D eigenvalue weighted by Gasteiger charge is -2.32. The molecule has 0 saturated carbocycles. The van der Waals surface area contributed by atoms with E-state index >= 15 is 0 Å². The van der Waals surface area contributed by atoms with Gasteiger partial charge in [0, 0.05) is 24.0 Å². The van der Waals surface area contributed by atoms with Gasteiger partial charge in [-0.15, -0.1) is 0 Å². The maximum Gasteiger partial charge on any atom is 0.321 e. The predicted molar refractivity (Wildman–Crippen MR) is 92.1 cm³/mol. The minimum Gasteiger partial charge on any atom is -0.472 e. The molecule has 2 heterocycles. The zero-order valence-electron chi connectivity index (χ0n) is 14.3. The molecule has 1 aliphatic heterocycles. The minimum atomic E-state index is -0.333. The van der Waals surface area contributed by atoms with E-state index in [1.165, 1.54) is 24.3 Å². The minimum absolute atomic E-state index is 0.110. The van der Waals surface area contributed by atoms with Crippen molar-refractivity contribution >= 4 is 11.7 Å². The van der Waals surface area contributed by atoms with E-state index < -0.39 is 0 Å². The van der Waals surface area contributed by atoms with E-state index in [9.17, 15) is 9.18 Å². The van der Waals surface area contributed by atoms with Gasteiger partial charge < -0.3 is 15.0 Å².